The van der Waals surface area contributed by atoms with Crippen LogP contribution >= 0.6 is 0 Å². The van der Waals surface area contributed by atoms with Gasteiger partial charge in [0.15, 0.2) is 18.9 Å². The Labute approximate surface area is 421 Å². The molecule has 8 fully saturated rings. The topological polar surface area (TPSA) is 313 Å². The molecule has 412 valence electrons. The monoisotopic (exact) mass is 1030 g/mol. The molecule has 0 amide bonds. The fourth-order valence-electron chi connectivity index (χ4n) is 15.9. The van der Waals surface area contributed by atoms with Crippen molar-refractivity contribution in [2.24, 2.45) is 50.2 Å². The smallest absolute Gasteiger partial charge is 0.315 e. The zero-order valence-electron chi connectivity index (χ0n) is 43.1. The largest absolute Gasteiger partial charge is 0.432 e. The predicted molar refractivity (Wildman–Crippen MR) is 249 cm³/mol. The van der Waals surface area contributed by atoms with Crippen molar-refractivity contribution in [3.8, 4) is 0 Å². The number of hydrogen-bond acceptors (Lipinski definition) is 20. The Hall–Kier alpha value is -1.51. The van der Waals surface area contributed by atoms with E-state index in [9.17, 15) is 61.0 Å². The van der Waals surface area contributed by atoms with Crippen LogP contribution in [-0.2, 0) is 42.7 Å². The fourth-order valence-corrected chi connectivity index (χ4v) is 15.9. The van der Waals surface area contributed by atoms with E-state index in [-0.39, 0.29) is 58.2 Å². The van der Waals surface area contributed by atoms with Crippen molar-refractivity contribution in [3.63, 3.8) is 0 Å². The van der Waals surface area contributed by atoms with E-state index in [0.717, 1.165) is 44.9 Å². The second-order valence-corrected chi connectivity index (χ2v) is 25.4. The maximum Gasteiger partial charge on any atom is 0.315 e. The second-order valence-electron chi connectivity index (χ2n) is 25.4. The first-order valence-corrected chi connectivity index (χ1v) is 26.5. The zero-order chi connectivity index (χ0) is 52.4. The summed E-state index contributed by atoms with van der Waals surface area (Å²) in [5.41, 5.74) is -0.501. The van der Waals surface area contributed by atoms with Crippen molar-refractivity contribution in [1.82, 2.24) is 0 Å². The summed E-state index contributed by atoms with van der Waals surface area (Å²) in [6.07, 6.45) is -16.0. The van der Waals surface area contributed by atoms with E-state index in [1.54, 1.807) is 0 Å². The molecular formula is C52H84O20. The van der Waals surface area contributed by atoms with Gasteiger partial charge in [0.05, 0.1) is 37.4 Å². The molecule has 26 atom stereocenters. The van der Waals surface area contributed by atoms with Crippen LogP contribution in [0.2, 0.25) is 0 Å². The summed E-state index contributed by atoms with van der Waals surface area (Å²) < 4.78 is 47.2. The Balaban J connectivity index is 0.876. The van der Waals surface area contributed by atoms with E-state index in [1.807, 2.05) is 0 Å². The molecule has 4 aliphatic heterocycles. The fraction of sp³-hybridized carbons (Fsp3) is 0.942. The first-order chi connectivity index (χ1) is 33.7. The summed E-state index contributed by atoms with van der Waals surface area (Å²) in [5.74, 6) is -0.0685. The van der Waals surface area contributed by atoms with Crippen LogP contribution in [0, 0.1) is 50.2 Å². The van der Waals surface area contributed by atoms with Crippen LogP contribution in [0.4, 0.5) is 0 Å². The van der Waals surface area contributed by atoms with Crippen LogP contribution in [0.1, 0.15) is 120 Å². The molecule has 5 aliphatic carbocycles. The highest BCUT2D eigenvalue weighted by Crippen LogP contribution is 2.76. The summed E-state index contributed by atoms with van der Waals surface area (Å²) >= 11 is 0. The van der Waals surface area contributed by atoms with Crippen LogP contribution in [0.5, 0.6) is 0 Å². The van der Waals surface area contributed by atoms with E-state index in [2.05, 4.69) is 54.5 Å². The molecule has 4 heterocycles. The van der Waals surface area contributed by atoms with Gasteiger partial charge in [0.1, 0.15) is 79.4 Å². The number of carbonyl (C=O) groups is 1. The average Bonchev–Trinajstić information content (AvgIpc) is 3.32. The van der Waals surface area contributed by atoms with Crippen molar-refractivity contribution in [3.05, 3.63) is 11.6 Å². The third-order valence-electron chi connectivity index (χ3n) is 20.6. The lowest BCUT2D eigenvalue weighted by Gasteiger charge is -2.71. The number of carbonyl (C=O) groups excluding carboxylic acids is 1. The number of fused-ring (bicyclic) bond motifs is 7. The van der Waals surface area contributed by atoms with Gasteiger partial charge >= 0.3 is 5.97 Å². The summed E-state index contributed by atoms with van der Waals surface area (Å²) in [7, 11) is 0. The summed E-state index contributed by atoms with van der Waals surface area (Å²) in [6.45, 7) is 16.6. The van der Waals surface area contributed by atoms with Gasteiger partial charge in [0.25, 0.3) is 0 Å². The average molecular weight is 1030 g/mol. The molecule has 4 saturated carbocycles. The van der Waals surface area contributed by atoms with Crippen molar-refractivity contribution < 1.29 is 98.9 Å². The van der Waals surface area contributed by atoms with Gasteiger partial charge in [-0.25, -0.2) is 0 Å². The van der Waals surface area contributed by atoms with Gasteiger partial charge in [-0.3, -0.25) is 4.79 Å². The minimum Gasteiger partial charge on any atom is -0.432 e. The van der Waals surface area contributed by atoms with Crippen LogP contribution in [0.15, 0.2) is 11.6 Å². The van der Waals surface area contributed by atoms with Gasteiger partial charge in [-0.2, -0.15) is 0 Å². The lowest BCUT2D eigenvalue weighted by molar-refractivity contribution is -0.351. The molecule has 4 unspecified atom stereocenters. The number of aliphatic hydroxyl groups is 11. The van der Waals surface area contributed by atoms with Gasteiger partial charge in [0.2, 0.25) is 6.29 Å². The number of esters is 1. The van der Waals surface area contributed by atoms with E-state index in [4.69, 9.17) is 37.9 Å². The molecule has 20 nitrogen and oxygen atoms in total. The Morgan fingerprint density at radius 3 is 1.82 bits per heavy atom. The van der Waals surface area contributed by atoms with E-state index < -0.39 is 129 Å². The van der Waals surface area contributed by atoms with E-state index >= 15 is 0 Å². The summed E-state index contributed by atoms with van der Waals surface area (Å²) in [6, 6.07) is 0. The molecule has 20 heteroatoms. The Kier molecular flexibility index (Phi) is 15.2. The van der Waals surface area contributed by atoms with Gasteiger partial charge in [0, 0.05) is 0 Å². The number of aliphatic hydroxyl groups excluding tert-OH is 11. The molecule has 4 saturated heterocycles. The molecule has 72 heavy (non-hydrogen) atoms. The number of ether oxygens (including phenoxy) is 8. The standard InChI is InChI=1S/C52H84O20/c1-23-32(54)36(58)40(62)44(67-23)69-27-22-66-43(39(61)35(27)57)72-46(64)52-17-15-47(2,3)19-25(52)24-9-10-30-49(6)13-12-31(48(4,5)29(49)11-14-51(30,8)50(24,7)16-18-52)71-42-38(60)34(56)28(21-65-42)70-45-41(63)37(59)33(55)26(20-53)68-45/h9,23,25-45,53-63H,10-22H2,1-8H3/t23-,25?,26+,27-,28-,29?,30?,31-,32-,33+,34+,35-,36-,37+,38+,39+,40-,41+,42-,43+,44-,45-,49-,50?,51+,52-/m0/s1. The number of rotatable bonds is 9. The minimum absolute atomic E-state index is 0.0598. The lowest BCUT2D eigenvalue weighted by atomic mass is 9.33. The molecule has 9 rings (SSSR count). The van der Waals surface area contributed by atoms with Crippen molar-refractivity contribution in [1.29, 1.82) is 0 Å². The molecule has 0 aromatic heterocycles. The molecule has 0 radical (unpaired) electrons. The quantitative estimate of drug-likeness (QED) is 0.0839. The third kappa shape index (κ3) is 8.87. The Morgan fingerprint density at radius 1 is 0.611 bits per heavy atom. The van der Waals surface area contributed by atoms with Crippen LogP contribution in [-0.4, -0.2) is 199 Å². The Bertz CT molecular complexity index is 1990. The highest BCUT2D eigenvalue weighted by atomic mass is 16.8. The van der Waals surface area contributed by atoms with Crippen LogP contribution < -0.4 is 0 Å². The maximum atomic E-state index is 14.9. The van der Waals surface area contributed by atoms with Crippen molar-refractivity contribution in [2.75, 3.05) is 19.8 Å². The SMILES string of the molecule is C[C@@H]1O[C@@H](O[C@H]2CO[C@H](OC(=O)[C@]34CCC(C)(C)CC3C3=CCC5[C@@]6(C)CC[C@H](O[C@@H]7OC[C@H](O[C@@H]8O[C@H](CO)[C@@H](O)[C@@H](O)[C@H]8O)[C@@H](O)[C@H]7O)C(C)(C)C6CC[C@@]5(C)C3(C)CC4)[C@H](O)[C@H]2O)[C@@H](O)[C@@H](O)[C@H]1O. The zero-order valence-corrected chi connectivity index (χ0v) is 43.1. The Morgan fingerprint density at radius 2 is 1.18 bits per heavy atom. The molecule has 0 aromatic rings. The van der Waals surface area contributed by atoms with Crippen molar-refractivity contribution in [2.45, 2.75) is 236 Å². The second kappa shape index (κ2) is 19.7. The first kappa shape index (κ1) is 55.3. The van der Waals surface area contributed by atoms with Crippen LogP contribution in [0.3, 0.4) is 0 Å². The minimum atomic E-state index is -1.69. The molecule has 11 N–H and O–H groups in total. The summed E-state index contributed by atoms with van der Waals surface area (Å²) in [5, 5.41) is 117. The highest BCUT2D eigenvalue weighted by molar-refractivity contribution is 5.79. The first-order valence-electron chi connectivity index (χ1n) is 26.5. The normalized spacial score (nSPS) is 54.2. The molecule has 9 aliphatic rings. The highest BCUT2D eigenvalue weighted by Gasteiger charge is 2.70. The lowest BCUT2D eigenvalue weighted by Crippen LogP contribution is -2.66. The summed E-state index contributed by atoms with van der Waals surface area (Å²) in [4.78, 5) is 14.9. The van der Waals surface area contributed by atoms with Gasteiger partial charge in [-0.15, -0.1) is 0 Å². The molecule has 0 bridgehead atoms. The molecule has 0 spiro atoms. The molecule has 0 aromatic carbocycles. The van der Waals surface area contributed by atoms with Crippen molar-refractivity contribution >= 4 is 5.97 Å². The maximum absolute atomic E-state index is 14.9. The van der Waals surface area contributed by atoms with Gasteiger partial charge in [-0.1, -0.05) is 60.1 Å². The van der Waals surface area contributed by atoms with Gasteiger partial charge in [-0.05, 0) is 116 Å². The van der Waals surface area contributed by atoms with Crippen LogP contribution in [0.25, 0.3) is 0 Å². The molecular weight excluding hydrogens is 945 g/mol. The number of allylic oxidation sites excluding steroid dienone is 2. The van der Waals surface area contributed by atoms with E-state index in [0.29, 0.717) is 25.2 Å². The van der Waals surface area contributed by atoms with E-state index in [1.165, 1.54) is 12.5 Å². The predicted octanol–water partition coefficient (Wildman–Crippen LogP) is 0.271. The van der Waals surface area contributed by atoms with Gasteiger partial charge < -0.3 is 94.1 Å². The third-order valence-corrected chi connectivity index (χ3v) is 20.6. The number of hydrogen-bond donors (Lipinski definition) is 11.